The Kier molecular flexibility index (Phi) is 8.57. The summed E-state index contributed by atoms with van der Waals surface area (Å²) in [5, 5.41) is 2.20. The maximum absolute atomic E-state index is 12.5. The molecule has 1 rings (SSSR count). The lowest BCUT2D eigenvalue weighted by Crippen LogP contribution is -2.51. The zero-order valence-corrected chi connectivity index (χ0v) is 14.6. The molecule has 8 heteroatoms. The van der Waals surface area contributed by atoms with Crippen LogP contribution in [0.5, 0.6) is 0 Å². The van der Waals surface area contributed by atoms with Crippen LogP contribution in [0.1, 0.15) is 39.5 Å². The summed E-state index contributed by atoms with van der Waals surface area (Å²) in [5.74, 6) is 0.426. The molecule has 0 atom stereocenters. The molecule has 7 nitrogen and oxygen atoms in total. The average molecular weight is 335 g/mol. The molecule has 0 saturated carbocycles. The van der Waals surface area contributed by atoms with E-state index < -0.39 is 7.75 Å². The minimum atomic E-state index is -4.13. The van der Waals surface area contributed by atoms with Crippen molar-refractivity contribution in [1.29, 1.82) is 0 Å². The number of hydrogen-bond acceptors (Lipinski definition) is 3. The molecule has 130 valence electrons. The summed E-state index contributed by atoms with van der Waals surface area (Å²) < 4.78 is 10.7. The van der Waals surface area contributed by atoms with Crippen LogP contribution in [0.25, 0.3) is 0 Å². The number of hydrogen-bond donors (Lipinski definition) is 3. The van der Waals surface area contributed by atoms with E-state index in [0.29, 0.717) is 19.6 Å². The normalized spacial score (nSPS) is 17.2. The first-order valence-electron chi connectivity index (χ1n) is 8.19. The molecule has 0 radical (unpaired) electrons. The van der Waals surface area contributed by atoms with E-state index in [2.05, 4.69) is 23.8 Å². The molecule has 0 aromatic heterocycles. The van der Waals surface area contributed by atoms with E-state index in [1.165, 1.54) is 0 Å². The number of nitrogens with zero attached hydrogens (tertiary/aromatic N) is 2. The Morgan fingerprint density at radius 1 is 1.14 bits per heavy atom. The van der Waals surface area contributed by atoms with E-state index in [1.807, 2.05) is 4.90 Å². The lowest BCUT2D eigenvalue weighted by atomic mass is 9.96. The van der Waals surface area contributed by atoms with Gasteiger partial charge in [-0.15, -0.1) is 0 Å². The number of carbonyl (C=O) groups excluding carboxylic acids is 1. The van der Waals surface area contributed by atoms with E-state index >= 15 is 0 Å². The highest BCUT2D eigenvalue weighted by atomic mass is 31.2. The van der Waals surface area contributed by atoms with Crippen molar-refractivity contribution < 1.29 is 19.1 Å². The van der Waals surface area contributed by atoms with Gasteiger partial charge >= 0.3 is 7.75 Å². The van der Waals surface area contributed by atoms with Gasteiger partial charge in [0.1, 0.15) is 0 Å². The molecule has 1 aliphatic heterocycles. The van der Waals surface area contributed by atoms with E-state index in [4.69, 9.17) is 9.79 Å². The molecule has 0 aromatic carbocycles. The van der Waals surface area contributed by atoms with Gasteiger partial charge in [0.25, 0.3) is 0 Å². The topological polar surface area (TPSA) is 93.1 Å². The Hall–Kier alpha value is -0.460. The van der Waals surface area contributed by atoms with E-state index in [1.54, 1.807) is 0 Å². The third-order valence-electron chi connectivity index (χ3n) is 4.05. The van der Waals surface area contributed by atoms with Gasteiger partial charge in [-0.05, 0) is 12.8 Å². The van der Waals surface area contributed by atoms with E-state index in [9.17, 15) is 9.36 Å². The zero-order chi connectivity index (χ0) is 16.6. The fourth-order valence-corrected chi connectivity index (χ4v) is 3.28. The molecule has 0 unspecified atom stereocenters. The highest BCUT2D eigenvalue weighted by Gasteiger charge is 2.26. The highest BCUT2D eigenvalue weighted by molar-refractivity contribution is 7.49. The molecule has 1 aliphatic rings. The van der Waals surface area contributed by atoms with Crippen LogP contribution in [0.4, 0.5) is 0 Å². The van der Waals surface area contributed by atoms with Crippen LogP contribution in [-0.2, 0) is 9.36 Å². The van der Waals surface area contributed by atoms with E-state index in [-0.39, 0.29) is 18.4 Å². The van der Waals surface area contributed by atoms with Gasteiger partial charge in [-0.3, -0.25) is 9.69 Å². The molecule has 1 fully saturated rings. The summed E-state index contributed by atoms with van der Waals surface area (Å²) in [6, 6.07) is 0. The summed E-state index contributed by atoms with van der Waals surface area (Å²) >= 11 is 0. The number of carbonyl (C=O) groups is 1. The quantitative estimate of drug-likeness (QED) is 0.545. The second-order valence-electron chi connectivity index (χ2n) is 5.89. The van der Waals surface area contributed by atoms with Crippen molar-refractivity contribution in [2.75, 3.05) is 39.3 Å². The van der Waals surface area contributed by atoms with Crippen LogP contribution in [0.2, 0.25) is 0 Å². The molecule has 0 spiro atoms. The SMILES string of the molecule is CCCC(CCC)C(=O)N1CCN(CCNP(=O)(O)O)CC1. The van der Waals surface area contributed by atoms with Crippen molar-refractivity contribution in [3.63, 3.8) is 0 Å². The lowest BCUT2D eigenvalue weighted by Gasteiger charge is -2.36. The Balaban J connectivity index is 2.34. The predicted molar refractivity (Wildman–Crippen MR) is 86.4 cm³/mol. The van der Waals surface area contributed by atoms with Gasteiger partial charge in [0.2, 0.25) is 5.91 Å². The first-order valence-corrected chi connectivity index (χ1v) is 9.80. The van der Waals surface area contributed by atoms with Gasteiger partial charge in [0.05, 0.1) is 0 Å². The number of rotatable bonds is 9. The number of piperazine rings is 1. The Morgan fingerprint density at radius 2 is 1.68 bits per heavy atom. The van der Waals surface area contributed by atoms with Crippen LogP contribution in [0.15, 0.2) is 0 Å². The van der Waals surface area contributed by atoms with Gasteiger partial charge in [-0.1, -0.05) is 26.7 Å². The van der Waals surface area contributed by atoms with Crippen molar-refractivity contribution in [3.05, 3.63) is 0 Å². The summed E-state index contributed by atoms with van der Waals surface area (Å²) in [4.78, 5) is 34.1. The monoisotopic (exact) mass is 335 g/mol. The molecule has 22 heavy (non-hydrogen) atoms. The third-order valence-corrected chi connectivity index (χ3v) is 4.69. The second-order valence-corrected chi connectivity index (χ2v) is 7.30. The molecule has 1 heterocycles. The van der Waals surface area contributed by atoms with Gasteiger partial charge < -0.3 is 14.7 Å². The van der Waals surface area contributed by atoms with Crippen LogP contribution in [0, 0.1) is 5.92 Å². The molecule has 0 aromatic rings. The van der Waals surface area contributed by atoms with E-state index in [0.717, 1.165) is 38.8 Å². The summed E-state index contributed by atoms with van der Waals surface area (Å²) in [7, 11) is -4.13. The highest BCUT2D eigenvalue weighted by Crippen LogP contribution is 2.27. The Labute approximate surface area is 133 Å². The van der Waals surface area contributed by atoms with Crippen molar-refractivity contribution in [1.82, 2.24) is 14.9 Å². The third kappa shape index (κ3) is 7.20. The molecule has 1 saturated heterocycles. The Morgan fingerprint density at radius 3 is 2.14 bits per heavy atom. The molecular weight excluding hydrogens is 305 g/mol. The van der Waals surface area contributed by atoms with Crippen LogP contribution >= 0.6 is 7.75 Å². The van der Waals surface area contributed by atoms with Gasteiger partial charge in [-0.25, -0.2) is 9.65 Å². The van der Waals surface area contributed by atoms with Crippen LogP contribution in [-0.4, -0.2) is 64.8 Å². The van der Waals surface area contributed by atoms with Crippen LogP contribution in [0.3, 0.4) is 0 Å². The summed E-state index contributed by atoms with van der Waals surface area (Å²) in [6.45, 7) is 8.01. The van der Waals surface area contributed by atoms with Crippen molar-refractivity contribution in [2.45, 2.75) is 39.5 Å². The number of amides is 1. The van der Waals surface area contributed by atoms with Crippen LogP contribution < -0.4 is 5.09 Å². The Bertz CT molecular complexity index is 374. The number of nitrogens with one attached hydrogen (secondary N) is 1. The largest absolute Gasteiger partial charge is 0.400 e. The smallest absolute Gasteiger partial charge is 0.340 e. The summed E-state index contributed by atoms with van der Waals surface area (Å²) in [6.07, 6.45) is 3.98. The standard InChI is InChI=1S/C14H30N3O4P/c1-3-5-13(6-4-2)14(18)17-11-9-16(10-12-17)8-7-15-22(19,20)21/h13H,3-12H2,1-2H3,(H3,15,19,20,21). The molecule has 1 amide bonds. The maximum Gasteiger partial charge on any atom is 0.400 e. The minimum Gasteiger partial charge on any atom is -0.340 e. The molecular formula is C14H30N3O4P. The minimum absolute atomic E-state index is 0.151. The van der Waals surface area contributed by atoms with Gasteiger partial charge in [0.15, 0.2) is 0 Å². The predicted octanol–water partition coefficient (Wildman–Crippen LogP) is 1.03. The zero-order valence-electron chi connectivity index (χ0n) is 13.7. The maximum atomic E-state index is 12.5. The summed E-state index contributed by atoms with van der Waals surface area (Å²) in [5.41, 5.74) is 0. The second kappa shape index (κ2) is 9.63. The van der Waals surface area contributed by atoms with Gasteiger partial charge in [0, 0.05) is 45.2 Å². The first kappa shape index (κ1) is 19.6. The van der Waals surface area contributed by atoms with Gasteiger partial charge in [-0.2, -0.15) is 0 Å². The fraction of sp³-hybridized carbons (Fsp3) is 0.929. The van der Waals surface area contributed by atoms with Crippen molar-refractivity contribution >= 4 is 13.7 Å². The fourth-order valence-electron chi connectivity index (χ4n) is 2.89. The molecule has 0 bridgehead atoms. The van der Waals surface area contributed by atoms with Crippen molar-refractivity contribution in [2.24, 2.45) is 5.92 Å². The molecule has 0 aliphatic carbocycles. The van der Waals surface area contributed by atoms with Crippen molar-refractivity contribution in [3.8, 4) is 0 Å². The first-order chi connectivity index (χ1) is 10.4. The average Bonchev–Trinajstić information content (AvgIpc) is 2.46. The lowest BCUT2D eigenvalue weighted by molar-refractivity contribution is -0.137. The molecule has 3 N–H and O–H groups in total.